The number of hydrogen-bond acceptors (Lipinski definition) is 3. The number of anilines is 1. The van der Waals surface area contributed by atoms with Gasteiger partial charge in [0, 0.05) is 25.8 Å². The van der Waals surface area contributed by atoms with Crippen LogP contribution in [0.1, 0.15) is 12.0 Å². The van der Waals surface area contributed by atoms with Gasteiger partial charge in [0.2, 0.25) is 0 Å². The summed E-state index contributed by atoms with van der Waals surface area (Å²) in [5.41, 5.74) is 1.08. The van der Waals surface area contributed by atoms with E-state index < -0.39 is 5.82 Å². The first-order chi connectivity index (χ1) is 8.16. The highest BCUT2D eigenvalue weighted by Crippen LogP contribution is 2.30. The number of aliphatic imine (C=N–C) groups is 1. The van der Waals surface area contributed by atoms with Crippen LogP contribution in [0, 0.1) is 5.82 Å². The number of carbonyl (C=O) groups excluding carboxylic acids is 1. The van der Waals surface area contributed by atoms with E-state index in [1.807, 2.05) is 0 Å². The maximum Gasteiger partial charge on any atom is 0.276 e. The maximum absolute atomic E-state index is 13.6. The molecule has 5 heteroatoms. The summed E-state index contributed by atoms with van der Waals surface area (Å²) >= 11 is 0. The first-order valence-corrected chi connectivity index (χ1v) is 5.39. The van der Waals surface area contributed by atoms with Gasteiger partial charge in [-0.25, -0.2) is 4.39 Å². The van der Waals surface area contributed by atoms with Crippen molar-refractivity contribution in [2.45, 2.75) is 6.42 Å². The molecule has 1 N–H and O–H groups in total. The molecule has 0 fully saturated rings. The number of para-hydroxylation sites is 1. The second-order valence-electron chi connectivity index (χ2n) is 3.81. The Balaban J connectivity index is 2.41. The normalized spacial score (nSPS) is 16.8. The van der Waals surface area contributed by atoms with Crippen LogP contribution in [-0.4, -0.2) is 36.9 Å². The second kappa shape index (κ2) is 4.63. The molecular weight excluding hydrogens is 223 g/mol. The minimum absolute atomic E-state index is 0.0246. The van der Waals surface area contributed by atoms with Crippen LogP contribution in [0.25, 0.3) is 0 Å². The van der Waals surface area contributed by atoms with E-state index in [4.69, 9.17) is 5.11 Å². The van der Waals surface area contributed by atoms with Crippen molar-refractivity contribution in [3.8, 4) is 0 Å². The van der Waals surface area contributed by atoms with E-state index in [0.717, 1.165) is 0 Å². The SMILES string of the molecule is CN1C(=O)/C(=N/CCCO)c2cccc(F)c21. The molecule has 1 aromatic carbocycles. The van der Waals surface area contributed by atoms with E-state index in [-0.39, 0.29) is 23.9 Å². The van der Waals surface area contributed by atoms with E-state index in [2.05, 4.69) is 4.99 Å². The summed E-state index contributed by atoms with van der Waals surface area (Å²) < 4.78 is 13.6. The Bertz CT molecular complexity index is 485. The van der Waals surface area contributed by atoms with Gasteiger partial charge < -0.3 is 10.0 Å². The number of carbonyl (C=O) groups is 1. The van der Waals surface area contributed by atoms with E-state index >= 15 is 0 Å². The highest BCUT2D eigenvalue weighted by molar-refractivity contribution is 6.54. The Morgan fingerprint density at radius 3 is 2.94 bits per heavy atom. The van der Waals surface area contributed by atoms with Crippen LogP contribution >= 0.6 is 0 Å². The molecule has 0 radical (unpaired) electrons. The zero-order chi connectivity index (χ0) is 12.4. The summed E-state index contributed by atoms with van der Waals surface area (Å²) in [7, 11) is 1.53. The zero-order valence-corrected chi connectivity index (χ0v) is 9.48. The van der Waals surface area contributed by atoms with Gasteiger partial charge in [-0.2, -0.15) is 0 Å². The first kappa shape index (κ1) is 11.7. The molecule has 0 saturated carbocycles. The molecule has 0 unspecified atom stereocenters. The van der Waals surface area contributed by atoms with Crippen molar-refractivity contribution in [1.82, 2.24) is 0 Å². The van der Waals surface area contributed by atoms with Crippen molar-refractivity contribution < 1.29 is 14.3 Å². The molecule has 1 aromatic rings. The molecule has 0 saturated heterocycles. The molecular formula is C12H13FN2O2. The van der Waals surface area contributed by atoms with Gasteiger partial charge in [-0.05, 0) is 12.5 Å². The van der Waals surface area contributed by atoms with E-state index in [0.29, 0.717) is 18.5 Å². The Hall–Kier alpha value is -1.75. The molecule has 0 spiro atoms. The topological polar surface area (TPSA) is 52.9 Å². The van der Waals surface area contributed by atoms with Crippen LogP contribution in [0.3, 0.4) is 0 Å². The average molecular weight is 236 g/mol. The van der Waals surface area contributed by atoms with Crippen molar-refractivity contribution in [3.63, 3.8) is 0 Å². The summed E-state index contributed by atoms with van der Waals surface area (Å²) in [5, 5.41) is 8.67. The Morgan fingerprint density at radius 1 is 1.47 bits per heavy atom. The van der Waals surface area contributed by atoms with Gasteiger partial charge in [-0.3, -0.25) is 9.79 Å². The average Bonchev–Trinajstić information content (AvgIpc) is 2.55. The minimum Gasteiger partial charge on any atom is -0.396 e. The zero-order valence-electron chi connectivity index (χ0n) is 9.48. The van der Waals surface area contributed by atoms with Gasteiger partial charge in [0.15, 0.2) is 0 Å². The number of aliphatic hydroxyl groups is 1. The van der Waals surface area contributed by atoms with Crippen LogP contribution in [0.15, 0.2) is 23.2 Å². The van der Waals surface area contributed by atoms with Crippen LogP contribution < -0.4 is 4.90 Å². The largest absolute Gasteiger partial charge is 0.396 e. The van der Waals surface area contributed by atoms with Gasteiger partial charge in [-0.1, -0.05) is 12.1 Å². The van der Waals surface area contributed by atoms with Crippen molar-refractivity contribution in [2.75, 3.05) is 25.1 Å². The summed E-state index contributed by atoms with van der Waals surface area (Å²) in [6.45, 7) is 0.387. The lowest BCUT2D eigenvalue weighted by Crippen LogP contribution is -2.26. The van der Waals surface area contributed by atoms with Gasteiger partial charge in [0.25, 0.3) is 5.91 Å². The highest BCUT2D eigenvalue weighted by atomic mass is 19.1. The molecule has 2 rings (SSSR count). The Labute approximate surface area is 98.4 Å². The fourth-order valence-corrected chi connectivity index (χ4v) is 1.84. The van der Waals surface area contributed by atoms with Crippen molar-refractivity contribution in [1.29, 1.82) is 0 Å². The molecule has 1 heterocycles. The summed E-state index contributed by atoms with van der Waals surface area (Å²) in [5.74, 6) is -0.728. The standard InChI is InChI=1S/C12H13FN2O2/c1-15-11-8(4-2-5-9(11)13)10(12(15)17)14-6-3-7-16/h2,4-5,16H,3,6-7H2,1H3/b14-10+. The number of halogens is 1. The lowest BCUT2D eigenvalue weighted by atomic mass is 10.1. The molecule has 0 atom stereocenters. The lowest BCUT2D eigenvalue weighted by Gasteiger charge is -2.08. The Morgan fingerprint density at radius 2 is 2.24 bits per heavy atom. The van der Waals surface area contributed by atoms with Crippen molar-refractivity contribution in [3.05, 3.63) is 29.6 Å². The third-order valence-electron chi connectivity index (χ3n) is 2.67. The molecule has 1 amide bonds. The fourth-order valence-electron chi connectivity index (χ4n) is 1.84. The highest BCUT2D eigenvalue weighted by Gasteiger charge is 2.33. The third-order valence-corrected chi connectivity index (χ3v) is 2.67. The van der Waals surface area contributed by atoms with Gasteiger partial charge in [-0.15, -0.1) is 0 Å². The predicted octanol–water partition coefficient (Wildman–Crippen LogP) is 0.974. The molecule has 17 heavy (non-hydrogen) atoms. The van der Waals surface area contributed by atoms with E-state index in [1.165, 1.54) is 18.0 Å². The fraction of sp³-hybridized carbons (Fsp3) is 0.333. The monoisotopic (exact) mass is 236 g/mol. The molecule has 1 aliphatic rings. The lowest BCUT2D eigenvalue weighted by molar-refractivity contribution is -0.112. The summed E-state index contributed by atoms with van der Waals surface area (Å²) in [6, 6.07) is 4.55. The second-order valence-corrected chi connectivity index (χ2v) is 3.81. The molecule has 90 valence electrons. The maximum atomic E-state index is 13.6. The molecule has 0 aromatic heterocycles. The Kier molecular flexibility index (Phi) is 3.19. The van der Waals surface area contributed by atoms with Crippen LogP contribution in [0.2, 0.25) is 0 Å². The van der Waals surface area contributed by atoms with Crippen molar-refractivity contribution >= 4 is 17.3 Å². The molecule has 1 aliphatic heterocycles. The number of likely N-dealkylation sites (N-methyl/N-ethyl adjacent to an activating group) is 1. The number of amides is 1. The van der Waals surface area contributed by atoms with E-state index in [9.17, 15) is 9.18 Å². The number of benzene rings is 1. The number of nitrogens with zero attached hydrogens (tertiary/aromatic N) is 2. The van der Waals surface area contributed by atoms with Gasteiger partial charge in [0.05, 0.1) is 5.69 Å². The number of fused-ring (bicyclic) bond motifs is 1. The molecule has 0 bridgehead atoms. The van der Waals surface area contributed by atoms with E-state index in [1.54, 1.807) is 12.1 Å². The minimum atomic E-state index is -0.425. The molecule has 4 nitrogen and oxygen atoms in total. The number of rotatable bonds is 3. The van der Waals surface area contributed by atoms with Crippen LogP contribution in [0.4, 0.5) is 10.1 Å². The summed E-state index contributed by atoms with van der Waals surface area (Å²) in [6.07, 6.45) is 0.491. The number of aliphatic hydroxyl groups excluding tert-OH is 1. The van der Waals surface area contributed by atoms with Gasteiger partial charge in [0.1, 0.15) is 11.5 Å². The van der Waals surface area contributed by atoms with Crippen LogP contribution in [-0.2, 0) is 4.79 Å². The smallest absolute Gasteiger partial charge is 0.276 e. The first-order valence-electron chi connectivity index (χ1n) is 5.39. The quantitative estimate of drug-likeness (QED) is 0.795. The van der Waals surface area contributed by atoms with Crippen molar-refractivity contribution in [2.24, 2.45) is 4.99 Å². The van der Waals surface area contributed by atoms with Gasteiger partial charge >= 0.3 is 0 Å². The third kappa shape index (κ3) is 1.93. The summed E-state index contributed by atoms with van der Waals surface area (Å²) in [4.78, 5) is 17.3. The predicted molar refractivity (Wildman–Crippen MR) is 62.9 cm³/mol. The van der Waals surface area contributed by atoms with Crippen LogP contribution in [0.5, 0.6) is 0 Å². The molecule has 0 aliphatic carbocycles. The number of hydrogen-bond donors (Lipinski definition) is 1.